The molecule has 0 spiro atoms. The molecule has 9 nitrogen and oxygen atoms in total. The Kier molecular flexibility index (Phi) is 6.89. The lowest BCUT2D eigenvalue weighted by atomic mass is 9.81. The number of sulfonamides is 1. The molecular weight excluding hydrogens is 600 g/mol. The molecular formula is C36H44N4O5S. The highest BCUT2D eigenvalue weighted by Gasteiger charge is 2.64. The molecule has 2 unspecified atom stereocenters. The van der Waals surface area contributed by atoms with Crippen molar-refractivity contribution in [3.63, 3.8) is 0 Å². The molecule has 2 aliphatic carbocycles. The largest absolute Gasteiger partial charge is 0.497 e. The zero-order valence-corrected chi connectivity index (χ0v) is 27.9. The fourth-order valence-electron chi connectivity index (χ4n) is 9.51. The molecule has 2 saturated carbocycles. The summed E-state index contributed by atoms with van der Waals surface area (Å²) in [6, 6.07) is 11.9. The molecule has 2 aromatic carbocycles. The van der Waals surface area contributed by atoms with Gasteiger partial charge in [0.15, 0.2) is 0 Å². The number of carbonyl (C=O) groups is 2. The Morgan fingerprint density at radius 2 is 1.78 bits per heavy atom. The zero-order valence-electron chi connectivity index (χ0n) is 27.1. The van der Waals surface area contributed by atoms with E-state index in [1.807, 2.05) is 18.2 Å². The van der Waals surface area contributed by atoms with Crippen LogP contribution in [0.25, 0.3) is 22.2 Å². The van der Waals surface area contributed by atoms with E-state index in [0.29, 0.717) is 18.0 Å². The van der Waals surface area contributed by atoms with Gasteiger partial charge in [0.1, 0.15) is 5.75 Å². The molecule has 2 saturated heterocycles. The minimum atomic E-state index is -3.73. The monoisotopic (exact) mass is 644 g/mol. The Hall–Kier alpha value is -3.37. The van der Waals surface area contributed by atoms with Crippen molar-refractivity contribution in [1.82, 2.24) is 19.1 Å². The van der Waals surface area contributed by atoms with Crippen molar-refractivity contribution in [2.45, 2.75) is 82.2 Å². The van der Waals surface area contributed by atoms with Crippen LogP contribution < -0.4 is 9.46 Å². The van der Waals surface area contributed by atoms with Gasteiger partial charge in [0.25, 0.3) is 5.91 Å². The first-order chi connectivity index (χ1) is 22.0. The number of nitrogens with one attached hydrogen (secondary N) is 1. The van der Waals surface area contributed by atoms with E-state index >= 15 is 0 Å². The first-order valence-electron chi connectivity index (χ1n) is 16.9. The molecule has 1 aromatic heterocycles. The van der Waals surface area contributed by atoms with Gasteiger partial charge in [0.05, 0.1) is 24.5 Å². The molecule has 8 rings (SSSR count). The average Bonchev–Trinajstić information content (AvgIpc) is 3.54. The highest BCUT2D eigenvalue weighted by Crippen LogP contribution is 2.66. The summed E-state index contributed by atoms with van der Waals surface area (Å²) in [5.41, 5.74) is 5.39. The second-order valence-electron chi connectivity index (χ2n) is 14.8. The lowest BCUT2D eigenvalue weighted by Crippen LogP contribution is -2.60. The number of hydrogen-bond donors (Lipinski definition) is 1. The first-order valence-corrected chi connectivity index (χ1v) is 18.8. The molecule has 3 aliphatic heterocycles. The van der Waals surface area contributed by atoms with Gasteiger partial charge in [-0.1, -0.05) is 25.3 Å². The molecule has 0 radical (unpaired) electrons. The van der Waals surface area contributed by atoms with Crippen LogP contribution in [-0.2, 0) is 21.4 Å². The second-order valence-corrected chi connectivity index (χ2v) is 16.5. The Balaban J connectivity index is 1.31. The van der Waals surface area contributed by atoms with Gasteiger partial charge >= 0.3 is 0 Å². The van der Waals surface area contributed by atoms with E-state index in [-0.39, 0.29) is 17.4 Å². The normalized spacial score (nSPS) is 27.7. The fraction of sp³-hybridized carbons (Fsp3) is 0.556. The van der Waals surface area contributed by atoms with Crippen LogP contribution in [0.15, 0.2) is 36.4 Å². The maximum atomic E-state index is 14.9. The van der Waals surface area contributed by atoms with Crippen LogP contribution in [-0.4, -0.2) is 79.7 Å². The predicted molar refractivity (Wildman–Crippen MR) is 178 cm³/mol. The van der Waals surface area contributed by atoms with Crippen LogP contribution in [0.2, 0.25) is 0 Å². The predicted octanol–water partition coefficient (Wildman–Crippen LogP) is 5.24. The molecule has 10 heteroatoms. The summed E-state index contributed by atoms with van der Waals surface area (Å²) in [5.74, 6) is 0.831. The second kappa shape index (κ2) is 10.6. The number of piperazine rings is 1. The van der Waals surface area contributed by atoms with E-state index in [1.165, 1.54) is 36.8 Å². The Labute approximate surface area is 271 Å². The van der Waals surface area contributed by atoms with Crippen LogP contribution in [0.3, 0.4) is 0 Å². The number of aromatic nitrogens is 1. The minimum Gasteiger partial charge on any atom is -0.497 e. The quantitative estimate of drug-likeness (QED) is 0.408. The van der Waals surface area contributed by atoms with Crippen LogP contribution in [0.1, 0.15) is 91.6 Å². The van der Waals surface area contributed by atoms with Gasteiger partial charge in [-0.3, -0.25) is 14.5 Å². The molecule has 2 amide bonds. The number of rotatable bonds is 5. The van der Waals surface area contributed by atoms with Crippen molar-refractivity contribution in [2.24, 2.45) is 5.41 Å². The number of amides is 2. The summed E-state index contributed by atoms with van der Waals surface area (Å²) < 4.78 is 34.1. The van der Waals surface area contributed by atoms with Gasteiger partial charge in [-0.05, 0) is 92.9 Å². The number of benzene rings is 2. The van der Waals surface area contributed by atoms with E-state index in [9.17, 15) is 18.0 Å². The van der Waals surface area contributed by atoms with Crippen LogP contribution in [0, 0.1) is 5.41 Å². The Bertz CT molecular complexity index is 1880. The summed E-state index contributed by atoms with van der Waals surface area (Å²) in [7, 11) is -2.03. The molecule has 4 fully saturated rings. The molecule has 1 N–H and O–H groups in total. The van der Waals surface area contributed by atoms with E-state index in [4.69, 9.17) is 4.74 Å². The lowest BCUT2D eigenvalue weighted by Gasteiger charge is -2.46. The van der Waals surface area contributed by atoms with Crippen LogP contribution >= 0.6 is 0 Å². The number of carbonyl (C=O) groups excluding carboxylic acids is 2. The average molecular weight is 645 g/mol. The number of fused-ring (bicyclic) bond motifs is 8. The first kappa shape index (κ1) is 30.0. The maximum Gasteiger partial charge on any atom is 0.264 e. The smallest absolute Gasteiger partial charge is 0.264 e. The lowest BCUT2D eigenvalue weighted by molar-refractivity contribution is -0.142. The van der Waals surface area contributed by atoms with Crippen molar-refractivity contribution < 1.29 is 22.7 Å². The fourth-order valence-corrected chi connectivity index (χ4v) is 9.96. The molecule has 244 valence electrons. The van der Waals surface area contributed by atoms with E-state index in [2.05, 4.69) is 38.1 Å². The van der Waals surface area contributed by atoms with Crippen LogP contribution in [0.5, 0.6) is 5.75 Å². The van der Waals surface area contributed by atoms with Crippen molar-refractivity contribution in [1.29, 1.82) is 0 Å². The molecule has 0 bridgehead atoms. The molecule has 3 atom stereocenters. The van der Waals surface area contributed by atoms with Gasteiger partial charge in [0, 0.05) is 59.7 Å². The number of nitrogens with zero attached hydrogens (tertiary/aromatic N) is 3. The SMILES string of the molecule is COc1ccc2c(c1)C1CC1(C(=O)N1CCN3CCC[C@@]3(C)C1)Cn1c-2c(C2CCCCC2)c2ccc(C(=O)NS(C)(=O)=O)cc21. The van der Waals surface area contributed by atoms with Crippen molar-refractivity contribution >= 4 is 32.7 Å². The number of hydrogen-bond acceptors (Lipinski definition) is 6. The Morgan fingerprint density at radius 3 is 2.54 bits per heavy atom. The number of ether oxygens (including phenoxy) is 1. The van der Waals surface area contributed by atoms with Crippen molar-refractivity contribution in [3.8, 4) is 17.0 Å². The van der Waals surface area contributed by atoms with Gasteiger partial charge in [0.2, 0.25) is 15.9 Å². The summed E-state index contributed by atoms with van der Waals surface area (Å²) in [4.78, 5) is 32.7. The third-order valence-electron chi connectivity index (χ3n) is 11.9. The summed E-state index contributed by atoms with van der Waals surface area (Å²) in [6.45, 7) is 6.36. The molecule has 4 heterocycles. The van der Waals surface area contributed by atoms with Gasteiger partial charge in [-0.25, -0.2) is 13.1 Å². The summed E-state index contributed by atoms with van der Waals surface area (Å²) in [6.07, 6.45) is 9.85. The highest BCUT2D eigenvalue weighted by atomic mass is 32.2. The van der Waals surface area contributed by atoms with Crippen LogP contribution in [0.4, 0.5) is 0 Å². The van der Waals surface area contributed by atoms with Crippen molar-refractivity contribution in [2.75, 3.05) is 39.5 Å². The standard InChI is InChI=1S/C36H44N4O5S/c1-35-14-7-15-39(35)17-16-38(21-35)34(42)36-20-29(36)28-19-25(45-2)11-13-26(28)32-31(23-8-5-4-6-9-23)27-12-10-24(18-30(27)40(32)22-36)33(41)37-46(3,43)44/h10-13,18-19,23,29H,4-9,14-17,20-22H2,1-3H3,(H,37,41)/t29?,35-,36?/m0/s1. The Morgan fingerprint density at radius 1 is 0.978 bits per heavy atom. The van der Waals surface area contributed by atoms with E-state index < -0.39 is 21.3 Å². The molecule has 5 aliphatic rings. The maximum absolute atomic E-state index is 14.9. The van der Waals surface area contributed by atoms with Gasteiger partial charge < -0.3 is 14.2 Å². The zero-order chi connectivity index (χ0) is 32.0. The topological polar surface area (TPSA) is 101 Å². The van der Waals surface area contributed by atoms with Crippen molar-refractivity contribution in [3.05, 3.63) is 53.1 Å². The van der Waals surface area contributed by atoms with E-state index in [0.717, 1.165) is 86.0 Å². The molecule has 3 aromatic rings. The number of methoxy groups -OCH3 is 1. The third kappa shape index (κ3) is 4.69. The summed E-state index contributed by atoms with van der Waals surface area (Å²) >= 11 is 0. The molecule has 46 heavy (non-hydrogen) atoms. The van der Waals surface area contributed by atoms with E-state index in [1.54, 1.807) is 13.2 Å². The van der Waals surface area contributed by atoms with Gasteiger partial charge in [-0.15, -0.1) is 0 Å². The summed E-state index contributed by atoms with van der Waals surface area (Å²) in [5, 5.41) is 1.09. The minimum absolute atomic E-state index is 0.0299. The highest BCUT2D eigenvalue weighted by molar-refractivity contribution is 7.89. The third-order valence-corrected chi connectivity index (χ3v) is 12.4. The van der Waals surface area contributed by atoms with Gasteiger partial charge in [-0.2, -0.15) is 0 Å².